The van der Waals surface area contributed by atoms with E-state index in [0.717, 1.165) is 0 Å². The van der Waals surface area contributed by atoms with Crippen LogP contribution >= 0.6 is 0 Å². The van der Waals surface area contributed by atoms with E-state index >= 15 is 0 Å². The van der Waals surface area contributed by atoms with Crippen molar-refractivity contribution in [2.45, 2.75) is 13.0 Å². The smallest absolute Gasteiger partial charge is 0.146 e. The van der Waals surface area contributed by atoms with Crippen LogP contribution in [0.2, 0.25) is 0 Å². The summed E-state index contributed by atoms with van der Waals surface area (Å²) in [5.41, 5.74) is 0.550. The zero-order valence-corrected chi connectivity index (χ0v) is 11.2. The number of hydrogen-bond donors (Lipinski definition) is 3. The predicted octanol–water partition coefficient (Wildman–Crippen LogP) is 3.42. The minimum Gasteiger partial charge on any atom is -0.507 e. The van der Waals surface area contributed by atoms with Gasteiger partial charge in [0.2, 0.25) is 0 Å². The van der Waals surface area contributed by atoms with E-state index in [0.29, 0.717) is 11.3 Å². The fourth-order valence-electron chi connectivity index (χ4n) is 2.03. The topological polar surface area (TPSA) is 61.7 Å². The molecule has 106 valence electrons. The molecule has 2 aromatic carbocycles. The first-order chi connectivity index (χ1) is 9.52. The molecule has 0 aliphatic rings. The van der Waals surface area contributed by atoms with Crippen LogP contribution in [0.3, 0.4) is 0 Å². The molecule has 1 atom stereocenters. The predicted molar refractivity (Wildman–Crippen MR) is 74.8 cm³/mol. The van der Waals surface area contributed by atoms with Crippen molar-refractivity contribution in [2.75, 3.05) is 12.4 Å². The van der Waals surface area contributed by atoms with Gasteiger partial charge in [-0.2, -0.15) is 0 Å². The van der Waals surface area contributed by atoms with Gasteiger partial charge in [0.1, 0.15) is 23.1 Å². The summed E-state index contributed by atoms with van der Waals surface area (Å²) >= 11 is 0. The lowest BCUT2D eigenvalue weighted by Crippen LogP contribution is -2.08. The van der Waals surface area contributed by atoms with Crippen molar-refractivity contribution in [3.05, 3.63) is 47.8 Å². The van der Waals surface area contributed by atoms with E-state index < -0.39 is 11.9 Å². The molecule has 2 aromatic rings. The maximum atomic E-state index is 13.7. The third-order valence-corrected chi connectivity index (χ3v) is 3.04. The molecular weight excluding hydrogens is 261 g/mol. The normalized spacial score (nSPS) is 11.9. The van der Waals surface area contributed by atoms with Gasteiger partial charge < -0.3 is 20.3 Å². The van der Waals surface area contributed by atoms with Gasteiger partial charge in [-0.25, -0.2) is 4.39 Å². The molecule has 5 heteroatoms. The quantitative estimate of drug-likeness (QED) is 0.801. The van der Waals surface area contributed by atoms with Crippen LogP contribution < -0.4 is 10.1 Å². The Kier molecular flexibility index (Phi) is 3.98. The summed E-state index contributed by atoms with van der Waals surface area (Å²) < 4.78 is 18.8. The summed E-state index contributed by atoms with van der Waals surface area (Å²) in [5, 5.41) is 22.5. The molecule has 0 saturated heterocycles. The molecule has 0 bridgehead atoms. The van der Waals surface area contributed by atoms with Crippen molar-refractivity contribution in [1.29, 1.82) is 0 Å². The minimum atomic E-state index is -0.474. The Morgan fingerprint density at radius 1 is 1.15 bits per heavy atom. The molecule has 3 N–H and O–H groups in total. The lowest BCUT2D eigenvalue weighted by molar-refractivity contribution is 0.414. The SMILES string of the molecule is COc1ccc(F)c(NC(C)c2c(O)cccc2O)c1. The Labute approximate surface area is 116 Å². The van der Waals surface area contributed by atoms with Gasteiger partial charge in [-0.1, -0.05) is 6.07 Å². The number of nitrogens with one attached hydrogen (secondary N) is 1. The molecule has 0 aliphatic heterocycles. The molecule has 20 heavy (non-hydrogen) atoms. The molecule has 0 saturated carbocycles. The van der Waals surface area contributed by atoms with E-state index in [1.165, 1.54) is 43.5 Å². The van der Waals surface area contributed by atoms with Gasteiger partial charge in [0.15, 0.2) is 0 Å². The fraction of sp³-hybridized carbons (Fsp3) is 0.200. The van der Waals surface area contributed by atoms with Crippen molar-refractivity contribution >= 4 is 5.69 Å². The van der Waals surface area contributed by atoms with Gasteiger partial charge in [-0.05, 0) is 31.2 Å². The second kappa shape index (κ2) is 5.69. The number of anilines is 1. The van der Waals surface area contributed by atoms with Crippen LogP contribution in [0, 0.1) is 5.82 Å². The summed E-state index contributed by atoms with van der Waals surface area (Å²) in [6, 6.07) is 8.32. The highest BCUT2D eigenvalue weighted by Crippen LogP contribution is 2.35. The van der Waals surface area contributed by atoms with Gasteiger partial charge in [-0.15, -0.1) is 0 Å². The Bertz CT molecular complexity index is 596. The highest BCUT2D eigenvalue weighted by molar-refractivity contribution is 5.54. The molecule has 0 fully saturated rings. The third kappa shape index (κ3) is 2.77. The van der Waals surface area contributed by atoms with Crippen LogP contribution in [-0.2, 0) is 0 Å². The van der Waals surface area contributed by atoms with Crippen molar-refractivity contribution in [3.8, 4) is 17.2 Å². The molecule has 4 nitrogen and oxygen atoms in total. The highest BCUT2D eigenvalue weighted by Gasteiger charge is 2.16. The van der Waals surface area contributed by atoms with E-state index in [2.05, 4.69) is 5.32 Å². The molecule has 0 heterocycles. The first-order valence-corrected chi connectivity index (χ1v) is 6.14. The van der Waals surface area contributed by atoms with E-state index in [1.807, 2.05) is 0 Å². The second-order valence-corrected chi connectivity index (χ2v) is 4.42. The molecule has 0 amide bonds. The van der Waals surface area contributed by atoms with Crippen LogP contribution in [0.1, 0.15) is 18.5 Å². The Morgan fingerprint density at radius 2 is 1.80 bits per heavy atom. The summed E-state index contributed by atoms with van der Waals surface area (Å²) in [5.74, 6) is -0.0169. The molecule has 0 aromatic heterocycles. The van der Waals surface area contributed by atoms with Crippen LogP contribution in [0.25, 0.3) is 0 Å². The second-order valence-electron chi connectivity index (χ2n) is 4.42. The van der Waals surface area contributed by atoms with E-state index in [9.17, 15) is 14.6 Å². The zero-order valence-electron chi connectivity index (χ0n) is 11.2. The maximum Gasteiger partial charge on any atom is 0.146 e. The monoisotopic (exact) mass is 277 g/mol. The molecule has 1 unspecified atom stereocenters. The third-order valence-electron chi connectivity index (χ3n) is 3.04. The number of ether oxygens (including phenoxy) is 1. The maximum absolute atomic E-state index is 13.7. The number of aromatic hydroxyl groups is 2. The highest BCUT2D eigenvalue weighted by atomic mass is 19.1. The molecule has 0 spiro atoms. The fourth-order valence-corrected chi connectivity index (χ4v) is 2.03. The molecule has 0 aliphatic carbocycles. The van der Waals surface area contributed by atoms with E-state index in [4.69, 9.17) is 4.74 Å². The number of methoxy groups -OCH3 is 1. The summed E-state index contributed by atoms with van der Waals surface area (Å²) in [4.78, 5) is 0. The largest absolute Gasteiger partial charge is 0.507 e. The minimum absolute atomic E-state index is 0.0479. The van der Waals surface area contributed by atoms with Crippen LogP contribution in [0.15, 0.2) is 36.4 Å². The lowest BCUT2D eigenvalue weighted by Gasteiger charge is -2.18. The zero-order chi connectivity index (χ0) is 14.7. The summed E-state index contributed by atoms with van der Waals surface area (Å²) in [6.45, 7) is 1.72. The number of phenols is 2. The van der Waals surface area contributed by atoms with Crippen molar-refractivity contribution in [1.82, 2.24) is 0 Å². The average molecular weight is 277 g/mol. The van der Waals surface area contributed by atoms with Gasteiger partial charge in [-0.3, -0.25) is 0 Å². The number of halogens is 1. The molecular formula is C15H16FNO3. The number of benzene rings is 2. The summed E-state index contributed by atoms with van der Waals surface area (Å²) in [7, 11) is 1.50. The van der Waals surface area contributed by atoms with Gasteiger partial charge in [0.25, 0.3) is 0 Å². The Balaban J connectivity index is 2.30. The Morgan fingerprint density at radius 3 is 2.40 bits per heavy atom. The first-order valence-electron chi connectivity index (χ1n) is 6.14. The number of hydrogen-bond acceptors (Lipinski definition) is 4. The van der Waals surface area contributed by atoms with Gasteiger partial charge in [0.05, 0.1) is 24.4 Å². The van der Waals surface area contributed by atoms with Crippen molar-refractivity contribution < 1.29 is 19.3 Å². The van der Waals surface area contributed by atoms with Crippen molar-refractivity contribution in [2.24, 2.45) is 0 Å². The van der Waals surface area contributed by atoms with Crippen LogP contribution in [-0.4, -0.2) is 17.3 Å². The number of rotatable bonds is 4. The van der Waals surface area contributed by atoms with E-state index in [1.54, 1.807) is 6.92 Å². The first kappa shape index (κ1) is 14.0. The molecule has 2 rings (SSSR count). The van der Waals surface area contributed by atoms with Gasteiger partial charge >= 0.3 is 0 Å². The number of phenolic OH excluding ortho intramolecular Hbond substituents is 2. The van der Waals surface area contributed by atoms with Crippen molar-refractivity contribution in [3.63, 3.8) is 0 Å². The standard InChI is InChI=1S/C15H16FNO3/c1-9(15-13(18)4-3-5-14(15)19)17-12-8-10(20-2)6-7-11(12)16/h3-9,17-19H,1-2H3. The lowest BCUT2D eigenvalue weighted by atomic mass is 10.1. The average Bonchev–Trinajstić information content (AvgIpc) is 2.41. The Hall–Kier alpha value is -2.43. The van der Waals surface area contributed by atoms with Crippen LogP contribution in [0.4, 0.5) is 10.1 Å². The summed E-state index contributed by atoms with van der Waals surface area (Å²) in [6.07, 6.45) is 0. The van der Waals surface area contributed by atoms with E-state index in [-0.39, 0.29) is 17.2 Å². The van der Waals surface area contributed by atoms with Crippen LogP contribution in [0.5, 0.6) is 17.2 Å². The van der Waals surface area contributed by atoms with Gasteiger partial charge in [0, 0.05) is 6.07 Å². The molecule has 0 radical (unpaired) electrons.